The predicted octanol–water partition coefficient (Wildman–Crippen LogP) is 2.36. The molecule has 0 radical (unpaired) electrons. The molecule has 0 unspecified atom stereocenters. The summed E-state index contributed by atoms with van der Waals surface area (Å²) in [5.74, 6) is 0. The minimum Gasteiger partial charge on any atom is -0.370 e. The van der Waals surface area contributed by atoms with Crippen molar-refractivity contribution in [2.75, 3.05) is 18.5 Å². The molecule has 1 heterocycles. The van der Waals surface area contributed by atoms with Crippen molar-refractivity contribution in [1.29, 1.82) is 0 Å². The standard InChI is InChI=1S/C9H11ClN2/c1-3-6-12(2)8-4-5-9(10)11-7-8/h3-5,7H,1,6H2,2H3. The van der Waals surface area contributed by atoms with E-state index in [1.165, 1.54) is 0 Å². The Morgan fingerprint density at radius 2 is 2.42 bits per heavy atom. The molecule has 0 atom stereocenters. The third-order valence-corrected chi connectivity index (χ3v) is 1.78. The monoisotopic (exact) mass is 182 g/mol. The number of aromatic nitrogens is 1. The molecule has 0 aliphatic rings. The highest BCUT2D eigenvalue weighted by atomic mass is 35.5. The first-order valence-corrected chi connectivity index (χ1v) is 4.05. The molecular weight excluding hydrogens is 172 g/mol. The summed E-state index contributed by atoms with van der Waals surface area (Å²) in [6.07, 6.45) is 3.58. The predicted molar refractivity (Wildman–Crippen MR) is 52.7 cm³/mol. The molecule has 3 heteroatoms. The lowest BCUT2D eigenvalue weighted by molar-refractivity contribution is 1.02. The molecular formula is C9H11ClN2. The highest BCUT2D eigenvalue weighted by Crippen LogP contribution is 2.12. The van der Waals surface area contributed by atoms with Crippen LogP contribution in [0.3, 0.4) is 0 Å². The molecule has 0 N–H and O–H groups in total. The first-order valence-electron chi connectivity index (χ1n) is 3.67. The third-order valence-electron chi connectivity index (χ3n) is 1.56. The SMILES string of the molecule is C=CCN(C)c1ccc(Cl)nc1. The summed E-state index contributed by atoms with van der Waals surface area (Å²) in [7, 11) is 1.98. The van der Waals surface area contributed by atoms with Crippen LogP contribution in [0, 0.1) is 0 Å². The number of pyridine rings is 1. The number of hydrogen-bond donors (Lipinski definition) is 0. The molecule has 0 fully saturated rings. The summed E-state index contributed by atoms with van der Waals surface area (Å²) >= 11 is 5.64. The molecule has 0 aromatic carbocycles. The lowest BCUT2D eigenvalue weighted by Crippen LogP contribution is -2.16. The smallest absolute Gasteiger partial charge is 0.129 e. The van der Waals surface area contributed by atoms with E-state index in [9.17, 15) is 0 Å². The molecule has 12 heavy (non-hydrogen) atoms. The van der Waals surface area contributed by atoms with Gasteiger partial charge < -0.3 is 4.90 Å². The highest BCUT2D eigenvalue weighted by molar-refractivity contribution is 6.29. The van der Waals surface area contributed by atoms with Crippen LogP contribution in [0.25, 0.3) is 0 Å². The topological polar surface area (TPSA) is 16.1 Å². The Morgan fingerprint density at radius 1 is 1.67 bits per heavy atom. The first-order chi connectivity index (χ1) is 5.74. The van der Waals surface area contributed by atoms with E-state index in [0.29, 0.717) is 5.15 Å². The van der Waals surface area contributed by atoms with Crippen LogP contribution < -0.4 is 4.90 Å². The zero-order chi connectivity index (χ0) is 8.97. The van der Waals surface area contributed by atoms with E-state index in [1.807, 2.05) is 24.1 Å². The molecule has 1 aromatic rings. The molecule has 0 bridgehead atoms. The van der Waals surface area contributed by atoms with E-state index in [2.05, 4.69) is 11.6 Å². The molecule has 0 saturated carbocycles. The van der Waals surface area contributed by atoms with Gasteiger partial charge >= 0.3 is 0 Å². The van der Waals surface area contributed by atoms with Gasteiger partial charge in [-0.3, -0.25) is 0 Å². The van der Waals surface area contributed by atoms with Gasteiger partial charge in [0.1, 0.15) is 5.15 Å². The number of halogens is 1. The number of rotatable bonds is 3. The largest absolute Gasteiger partial charge is 0.370 e. The molecule has 64 valence electrons. The van der Waals surface area contributed by atoms with Crippen LogP contribution in [-0.4, -0.2) is 18.6 Å². The second kappa shape index (κ2) is 4.12. The summed E-state index contributed by atoms with van der Waals surface area (Å²) in [5, 5.41) is 0.519. The lowest BCUT2D eigenvalue weighted by Gasteiger charge is -2.15. The van der Waals surface area contributed by atoms with Crippen LogP contribution >= 0.6 is 11.6 Å². The van der Waals surface area contributed by atoms with Crippen LogP contribution in [0.4, 0.5) is 5.69 Å². The van der Waals surface area contributed by atoms with Crippen molar-refractivity contribution in [3.8, 4) is 0 Å². The van der Waals surface area contributed by atoms with E-state index in [-0.39, 0.29) is 0 Å². The Kier molecular flexibility index (Phi) is 3.11. The van der Waals surface area contributed by atoms with Gasteiger partial charge in [-0.1, -0.05) is 17.7 Å². The van der Waals surface area contributed by atoms with Gasteiger partial charge in [-0.2, -0.15) is 0 Å². The Bertz CT molecular complexity index is 256. The van der Waals surface area contributed by atoms with Crippen LogP contribution in [-0.2, 0) is 0 Å². The molecule has 0 saturated heterocycles. The normalized spacial score (nSPS) is 9.50. The van der Waals surface area contributed by atoms with Gasteiger partial charge in [-0.15, -0.1) is 6.58 Å². The van der Waals surface area contributed by atoms with E-state index in [1.54, 1.807) is 12.3 Å². The Hall–Kier alpha value is -1.02. The maximum atomic E-state index is 5.64. The van der Waals surface area contributed by atoms with Gasteiger partial charge in [0.05, 0.1) is 11.9 Å². The number of hydrogen-bond acceptors (Lipinski definition) is 2. The maximum Gasteiger partial charge on any atom is 0.129 e. The Morgan fingerprint density at radius 3 is 2.92 bits per heavy atom. The van der Waals surface area contributed by atoms with Gasteiger partial charge in [-0.05, 0) is 12.1 Å². The minimum atomic E-state index is 0.519. The molecule has 0 amide bonds. The van der Waals surface area contributed by atoms with E-state index < -0.39 is 0 Å². The Balaban J connectivity index is 2.74. The molecule has 0 aliphatic carbocycles. The van der Waals surface area contributed by atoms with Crippen LogP contribution in [0.2, 0.25) is 5.15 Å². The fourth-order valence-electron chi connectivity index (χ4n) is 0.893. The summed E-state index contributed by atoms with van der Waals surface area (Å²) in [4.78, 5) is 6.01. The van der Waals surface area contributed by atoms with Crippen molar-refractivity contribution in [3.63, 3.8) is 0 Å². The fraction of sp³-hybridized carbons (Fsp3) is 0.222. The summed E-state index contributed by atoms with van der Waals surface area (Å²) in [5.41, 5.74) is 1.04. The zero-order valence-electron chi connectivity index (χ0n) is 7.00. The molecule has 0 aliphatic heterocycles. The summed E-state index contributed by atoms with van der Waals surface area (Å²) in [6.45, 7) is 4.46. The van der Waals surface area contributed by atoms with Gasteiger partial charge in [-0.25, -0.2) is 4.98 Å². The quantitative estimate of drug-likeness (QED) is 0.527. The van der Waals surface area contributed by atoms with Gasteiger partial charge in [0.2, 0.25) is 0 Å². The van der Waals surface area contributed by atoms with Gasteiger partial charge in [0.25, 0.3) is 0 Å². The van der Waals surface area contributed by atoms with Crippen molar-refractivity contribution < 1.29 is 0 Å². The van der Waals surface area contributed by atoms with Crippen molar-refractivity contribution in [2.24, 2.45) is 0 Å². The van der Waals surface area contributed by atoms with Gasteiger partial charge in [0, 0.05) is 13.6 Å². The van der Waals surface area contributed by atoms with Crippen molar-refractivity contribution in [2.45, 2.75) is 0 Å². The minimum absolute atomic E-state index is 0.519. The van der Waals surface area contributed by atoms with Crippen molar-refractivity contribution >= 4 is 17.3 Å². The maximum absolute atomic E-state index is 5.64. The third kappa shape index (κ3) is 2.24. The van der Waals surface area contributed by atoms with Crippen LogP contribution in [0.1, 0.15) is 0 Å². The summed E-state index contributed by atoms with van der Waals surface area (Å²) in [6, 6.07) is 3.70. The van der Waals surface area contributed by atoms with Crippen LogP contribution in [0.5, 0.6) is 0 Å². The van der Waals surface area contributed by atoms with E-state index in [4.69, 9.17) is 11.6 Å². The van der Waals surface area contributed by atoms with Gasteiger partial charge in [0.15, 0.2) is 0 Å². The number of anilines is 1. The fourth-order valence-corrected chi connectivity index (χ4v) is 1.00. The number of nitrogens with zero attached hydrogens (tertiary/aromatic N) is 2. The molecule has 0 spiro atoms. The van der Waals surface area contributed by atoms with Crippen molar-refractivity contribution in [3.05, 3.63) is 36.1 Å². The highest BCUT2D eigenvalue weighted by Gasteiger charge is 1.97. The average Bonchev–Trinajstić information content (AvgIpc) is 2.06. The molecule has 1 rings (SSSR count). The second-order valence-corrected chi connectivity index (χ2v) is 2.90. The Labute approximate surface area is 77.5 Å². The lowest BCUT2D eigenvalue weighted by atomic mass is 10.4. The van der Waals surface area contributed by atoms with E-state index >= 15 is 0 Å². The first kappa shape index (κ1) is 9.07. The molecule has 2 nitrogen and oxygen atoms in total. The van der Waals surface area contributed by atoms with Crippen molar-refractivity contribution in [1.82, 2.24) is 4.98 Å². The summed E-state index contributed by atoms with van der Waals surface area (Å²) < 4.78 is 0. The van der Waals surface area contributed by atoms with Crippen LogP contribution in [0.15, 0.2) is 31.0 Å². The number of likely N-dealkylation sites (N-methyl/N-ethyl adjacent to an activating group) is 1. The average molecular weight is 183 g/mol. The van der Waals surface area contributed by atoms with E-state index in [0.717, 1.165) is 12.2 Å². The second-order valence-electron chi connectivity index (χ2n) is 2.51. The zero-order valence-corrected chi connectivity index (χ0v) is 7.75. The molecule has 1 aromatic heterocycles.